The molecule has 132 valence electrons. The van der Waals surface area contributed by atoms with E-state index in [1.54, 1.807) is 6.07 Å². The van der Waals surface area contributed by atoms with Crippen molar-refractivity contribution < 1.29 is 32.6 Å². The zero-order valence-corrected chi connectivity index (χ0v) is 12.8. The quantitative estimate of drug-likeness (QED) is 0.831. The SMILES string of the molecule is O=C(CCc1ccccc1OC(F)(F)F)N[C@H]1CC[C@@H](C(=O)O)C1. The highest BCUT2D eigenvalue weighted by atomic mass is 19.4. The van der Waals surface area contributed by atoms with Crippen LogP contribution in [0.1, 0.15) is 31.2 Å². The molecule has 1 amide bonds. The van der Waals surface area contributed by atoms with Crippen LogP contribution in [0.2, 0.25) is 0 Å². The number of amides is 1. The van der Waals surface area contributed by atoms with E-state index >= 15 is 0 Å². The van der Waals surface area contributed by atoms with E-state index in [-0.39, 0.29) is 30.5 Å². The molecule has 1 fully saturated rings. The molecule has 0 bridgehead atoms. The number of halogens is 3. The van der Waals surface area contributed by atoms with Crippen LogP contribution in [0.25, 0.3) is 0 Å². The van der Waals surface area contributed by atoms with E-state index < -0.39 is 18.2 Å². The average molecular weight is 345 g/mol. The molecular weight excluding hydrogens is 327 g/mol. The fraction of sp³-hybridized carbons (Fsp3) is 0.500. The van der Waals surface area contributed by atoms with Crippen LogP contribution in [0.5, 0.6) is 5.75 Å². The lowest BCUT2D eigenvalue weighted by molar-refractivity contribution is -0.274. The Morgan fingerprint density at radius 3 is 2.58 bits per heavy atom. The second-order valence-electron chi connectivity index (χ2n) is 5.77. The third-order valence-electron chi connectivity index (χ3n) is 3.97. The number of para-hydroxylation sites is 1. The summed E-state index contributed by atoms with van der Waals surface area (Å²) in [7, 11) is 0. The van der Waals surface area contributed by atoms with Crippen LogP contribution in [-0.2, 0) is 16.0 Å². The molecule has 24 heavy (non-hydrogen) atoms. The van der Waals surface area contributed by atoms with E-state index in [4.69, 9.17) is 5.11 Å². The maximum atomic E-state index is 12.3. The Labute approximate surface area is 136 Å². The zero-order chi connectivity index (χ0) is 17.7. The summed E-state index contributed by atoms with van der Waals surface area (Å²) in [6.07, 6.45) is -3.18. The first-order valence-electron chi connectivity index (χ1n) is 7.60. The molecule has 0 radical (unpaired) electrons. The van der Waals surface area contributed by atoms with E-state index in [1.165, 1.54) is 18.2 Å². The fourth-order valence-corrected chi connectivity index (χ4v) is 2.82. The smallest absolute Gasteiger partial charge is 0.481 e. The van der Waals surface area contributed by atoms with E-state index in [1.807, 2.05) is 0 Å². The number of carboxylic acid groups (broad SMARTS) is 1. The van der Waals surface area contributed by atoms with Crippen molar-refractivity contribution in [2.75, 3.05) is 0 Å². The Kier molecular flexibility index (Phi) is 5.69. The van der Waals surface area contributed by atoms with Gasteiger partial charge in [0.2, 0.25) is 5.91 Å². The second kappa shape index (κ2) is 7.55. The summed E-state index contributed by atoms with van der Waals surface area (Å²) in [5.74, 6) is -1.95. The Hall–Kier alpha value is -2.25. The monoisotopic (exact) mass is 345 g/mol. The molecule has 0 aromatic heterocycles. The van der Waals surface area contributed by atoms with Gasteiger partial charge in [0.25, 0.3) is 0 Å². The summed E-state index contributed by atoms with van der Waals surface area (Å²) in [6.45, 7) is 0. The average Bonchev–Trinajstić information content (AvgIpc) is 2.93. The van der Waals surface area contributed by atoms with Crippen molar-refractivity contribution in [3.05, 3.63) is 29.8 Å². The maximum absolute atomic E-state index is 12.3. The van der Waals surface area contributed by atoms with Gasteiger partial charge in [-0.2, -0.15) is 0 Å². The van der Waals surface area contributed by atoms with Gasteiger partial charge in [-0.1, -0.05) is 18.2 Å². The van der Waals surface area contributed by atoms with Crippen LogP contribution in [0, 0.1) is 5.92 Å². The van der Waals surface area contributed by atoms with E-state index in [9.17, 15) is 22.8 Å². The number of rotatable bonds is 6. The molecule has 0 aliphatic heterocycles. The number of hydrogen-bond acceptors (Lipinski definition) is 3. The standard InChI is InChI=1S/C16H18F3NO4/c17-16(18,19)24-13-4-2-1-3-10(13)6-8-14(21)20-12-7-5-11(9-12)15(22)23/h1-4,11-12H,5-9H2,(H,20,21)(H,22,23)/t11-,12+/m1/s1. The molecule has 8 heteroatoms. The molecule has 1 aromatic carbocycles. The number of aliphatic carboxylic acids is 1. The minimum absolute atomic E-state index is 0.00642. The molecule has 1 aliphatic rings. The number of alkyl halides is 3. The summed E-state index contributed by atoms with van der Waals surface area (Å²) < 4.78 is 41.0. The molecule has 0 saturated heterocycles. The van der Waals surface area contributed by atoms with Crippen molar-refractivity contribution in [2.24, 2.45) is 5.92 Å². The van der Waals surface area contributed by atoms with Crippen molar-refractivity contribution in [3.8, 4) is 5.75 Å². The molecule has 1 aromatic rings. The van der Waals surface area contributed by atoms with Gasteiger partial charge in [0.1, 0.15) is 5.75 Å². The number of nitrogens with one attached hydrogen (secondary N) is 1. The number of aryl methyl sites for hydroxylation is 1. The number of carboxylic acids is 1. The molecule has 2 atom stereocenters. The van der Waals surface area contributed by atoms with Gasteiger partial charge in [0.15, 0.2) is 0 Å². The van der Waals surface area contributed by atoms with Gasteiger partial charge in [-0.3, -0.25) is 9.59 Å². The first kappa shape index (κ1) is 18.1. The number of hydrogen-bond donors (Lipinski definition) is 2. The number of carbonyl (C=O) groups is 2. The minimum atomic E-state index is -4.78. The van der Waals surface area contributed by atoms with Gasteiger partial charge in [0, 0.05) is 12.5 Å². The lowest BCUT2D eigenvalue weighted by Crippen LogP contribution is -2.33. The fourth-order valence-electron chi connectivity index (χ4n) is 2.82. The Morgan fingerprint density at radius 2 is 1.96 bits per heavy atom. The zero-order valence-electron chi connectivity index (χ0n) is 12.8. The maximum Gasteiger partial charge on any atom is 0.573 e. The van der Waals surface area contributed by atoms with Crippen molar-refractivity contribution in [1.29, 1.82) is 0 Å². The molecule has 1 aliphatic carbocycles. The summed E-state index contributed by atoms with van der Waals surface area (Å²) in [5, 5.41) is 11.7. The molecular formula is C16H18F3NO4. The second-order valence-corrected chi connectivity index (χ2v) is 5.77. The highest BCUT2D eigenvalue weighted by Crippen LogP contribution is 2.28. The number of benzene rings is 1. The first-order chi connectivity index (χ1) is 11.2. The topological polar surface area (TPSA) is 75.6 Å². The molecule has 2 N–H and O–H groups in total. The molecule has 1 saturated carbocycles. The highest BCUT2D eigenvalue weighted by molar-refractivity contribution is 5.77. The van der Waals surface area contributed by atoms with Crippen LogP contribution in [0.15, 0.2) is 24.3 Å². The summed E-state index contributed by atoms with van der Waals surface area (Å²) in [4.78, 5) is 22.8. The van der Waals surface area contributed by atoms with Crippen LogP contribution >= 0.6 is 0 Å². The highest BCUT2D eigenvalue weighted by Gasteiger charge is 2.32. The molecule has 0 heterocycles. The van der Waals surface area contributed by atoms with Crippen LogP contribution in [0.4, 0.5) is 13.2 Å². The van der Waals surface area contributed by atoms with Crippen molar-refractivity contribution >= 4 is 11.9 Å². The van der Waals surface area contributed by atoms with Gasteiger partial charge in [-0.15, -0.1) is 13.2 Å². The van der Waals surface area contributed by atoms with Gasteiger partial charge in [-0.05, 0) is 37.3 Å². The van der Waals surface area contributed by atoms with Crippen molar-refractivity contribution in [1.82, 2.24) is 5.32 Å². The van der Waals surface area contributed by atoms with Gasteiger partial charge in [0.05, 0.1) is 5.92 Å². The van der Waals surface area contributed by atoms with E-state index in [0.29, 0.717) is 24.8 Å². The Morgan fingerprint density at radius 1 is 1.25 bits per heavy atom. The van der Waals surface area contributed by atoms with Crippen LogP contribution < -0.4 is 10.1 Å². The van der Waals surface area contributed by atoms with Gasteiger partial charge >= 0.3 is 12.3 Å². The molecule has 5 nitrogen and oxygen atoms in total. The lowest BCUT2D eigenvalue weighted by Gasteiger charge is -2.14. The third kappa shape index (κ3) is 5.43. The van der Waals surface area contributed by atoms with Crippen LogP contribution in [0.3, 0.4) is 0 Å². The lowest BCUT2D eigenvalue weighted by atomic mass is 10.1. The Balaban J connectivity index is 1.85. The summed E-state index contributed by atoms with van der Waals surface area (Å²) >= 11 is 0. The summed E-state index contributed by atoms with van der Waals surface area (Å²) in [5.41, 5.74) is 0.291. The number of carbonyl (C=O) groups excluding carboxylic acids is 1. The summed E-state index contributed by atoms with van der Waals surface area (Å²) in [6, 6.07) is 5.49. The Bertz CT molecular complexity index is 603. The van der Waals surface area contributed by atoms with Crippen LogP contribution in [-0.4, -0.2) is 29.4 Å². The predicted molar refractivity (Wildman–Crippen MR) is 78.4 cm³/mol. The predicted octanol–water partition coefficient (Wildman–Crippen LogP) is 2.89. The van der Waals surface area contributed by atoms with Gasteiger partial charge < -0.3 is 15.2 Å². The van der Waals surface area contributed by atoms with Crippen molar-refractivity contribution in [3.63, 3.8) is 0 Å². The minimum Gasteiger partial charge on any atom is -0.481 e. The normalized spacial score (nSPS) is 20.6. The molecule has 2 rings (SSSR count). The number of ether oxygens (including phenoxy) is 1. The first-order valence-corrected chi connectivity index (χ1v) is 7.60. The third-order valence-corrected chi connectivity index (χ3v) is 3.97. The van der Waals surface area contributed by atoms with E-state index in [0.717, 1.165) is 0 Å². The van der Waals surface area contributed by atoms with E-state index in [2.05, 4.69) is 10.1 Å². The molecule has 0 spiro atoms. The van der Waals surface area contributed by atoms with Gasteiger partial charge in [-0.25, -0.2) is 0 Å². The largest absolute Gasteiger partial charge is 0.573 e. The van der Waals surface area contributed by atoms with Crippen molar-refractivity contribution in [2.45, 2.75) is 44.5 Å². The molecule has 0 unspecified atom stereocenters.